The molecular weight excluding hydrogens is 292 g/mol. The minimum absolute atomic E-state index is 0.306. The third-order valence-electron chi connectivity index (χ3n) is 2.38. The molecule has 9 heteroatoms. The number of hydrogen-bond acceptors (Lipinski definition) is 5. The van der Waals surface area contributed by atoms with Crippen molar-refractivity contribution in [1.29, 1.82) is 0 Å². The van der Waals surface area contributed by atoms with E-state index >= 15 is 0 Å². The van der Waals surface area contributed by atoms with E-state index in [1.165, 1.54) is 11.0 Å². The van der Waals surface area contributed by atoms with Crippen LogP contribution in [0.25, 0.3) is 0 Å². The quantitative estimate of drug-likeness (QED) is 0.813. The number of amides is 1. The zero-order valence-electron chi connectivity index (χ0n) is 10.7. The molecule has 1 aromatic heterocycles. The van der Waals surface area contributed by atoms with E-state index in [9.17, 15) is 13.2 Å². The summed E-state index contributed by atoms with van der Waals surface area (Å²) >= 11 is 5.28. The first-order valence-electron chi connectivity index (χ1n) is 5.65. The number of aromatic nitrogens is 3. The Balaban J connectivity index is 2.97. The van der Waals surface area contributed by atoms with Crippen LogP contribution in [-0.2, 0) is 9.84 Å². The van der Waals surface area contributed by atoms with Gasteiger partial charge in [0, 0.05) is 18.6 Å². The second-order valence-corrected chi connectivity index (χ2v) is 5.75. The van der Waals surface area contributed by atoms with Gasteiger partial charge in [-0.25, -0.2) is 18.2 Å². The molecule has 0 saturated carbocycles. The Labute approximate surface area is 116 Å². The van der Waals surface area contributed by atoms with Gasteiger partial charge in [-0.1, -0.05) is 17.7 Å². The Morgan fingerprint density at radius 3 is 2.63 bits per heavy atom. The van der Waals surface area contributed by atoms with Crippen LogP contribution < -0.4 is 0 Å². The number of hydrogen-bond donors (Lipinski definition) is 0. The number of nitrogens with zero attached hydrogens (tertiary/aromatic N) is 4. The van der Waals surface area contributed by atoms with Crippen molar-refractivity contribution in [2.75, 3.05) is 18.8 Å². The fourth-order valence-electron chi connectivity index (χ4n) is 1.36. The molecule has 1 amide bonds. The van der Waals surface area contributed by atoms with Crippen LogP contribution in [0, 0.1) is 0 Å². The Morgan fingerprint density at radius 2 is 2.11 bits per heavy atom. The fourth-order valence-corrected chi connectivity index (χ4v) is 2.47. The Morgan fingerprint density at radius 1 is 1.47 bits per heavy atom. The Bertz CT molecular complexity index is 563. The molecule has 1 rings (SSSR count). The van der Waals surface area contributed by atoms with Crippen molar-refractivity contribution in [1.82, 2.24) is 19.7 Å². The molecule has 7 nitrogen and oxygen atoms in total. The lowest BCUT2D eigenvalue weighted by Gasteiger charge is -2.17. The molecule has 19 heavy (non-hydrogen) atoms. The van der Waals surface area contributed by atoms with Gasteiger partial charge in [-0.3, -0.25) is 0 Å². The van der Waals surface area contributed by atoms with Crippen LogP contribution in [-0.4, -0.2) is 53.0 Å². The molecule has 106 valence electrons. The van der Waals surface area contributed by atoms with Crippen LogP contribution in [0.4, 0.5) is 4.79 Å². The second-order valence-electron chi connectivity index (χ2n) is 3.57. The number of sulfone groups is 1. The monoisotopic (exact) mass is 306 g/mol. The van der Waals surface area contributed by atoms with Crippen LogP contribution in [0.1, 0.15) is 13.8 Å². The normalized spacial score (nSPS) is 11.9. The van der Waals surface area contributed by atoms with Gasteiger partial charge in [-0.2, -0.15) is 4.68 Å². The summed E-state index contributed by atoms with van der Waals surface area (Å²) in [4.78, 5) is 17.1. The smallest absolute Gasteiger partial charge is 0.323 e. The van der Waals surface area contributed by atoms with Crippen LogP contribution in [0.15, 0.2) is 23.1 Å². The zero-order chi connectivity index (χ0) is 14.5. The van der Waals surface area contributed by atoms with Crippen molar-refractivity contribution in [2.24, 2.45) is 0 Å². The van der Waals surface area contributed by atoms with Gasteiger partial charge in [0.25, 0.3) is 5.16 Å². The van der Waals surface area contributed by atoms with Crippen molar-refractivity contribution < 1.29 is 13.2 Å². The van der Waals surface area contributed by atoms with Gasteiger partial charge in [-0.15, -0.1) is 5.10 Å². The van der Waals surface area contributed by atoms with E-state index < -0.39 is 15.9 Å². The Hall–Kier alpha value is -1.41. The zero-order valence-corrected chi connectivity index (χ0v) is 12.2. The lowest BCUT2D eigenvalue weighted by atomic mass is 10.5. The maximum atomic E-state index is 11.9. The molecular formula is C10H15ClN4O3S. The van der Waals surface area contributed by atoms with E-state index in [0.717, 1.165) is 16.5 Å². The van der Waals surface area contributed by atoms with E-state index in [-0.39, 0.29) is 10.9 Å². The number of carbonyl (C=O) groups is 1. The SMILES string of the molecule is CCN(CC)C(=O)n1cnc(S(=O)(=O)C/C=C/Cl)n1. The number of carbonyl (C=O) groups excluding carboxylic acids is 1. The molecule has 0 aliphatic carbocycles. The number of rotatable bonds is 5. The van der Waals surface area contributed by atoms with Gasteiger partial charge in [0.15, 0.2) is 0 Å². The standard InChI is InChI=1S/C10H15ClN4O3S/c1-3-14(4-2)10(16)15-8-12-9(13-15)19(17,18)7-5-6-11/h5-6,8H,3-4,7H2,1-2H3/b6-5+. The molecule has 0 unspecified atom stereocenters. The summed E-state index contributed by atoms with van der Waals surface area (Å²) in [5.41, 5.74) is 1.11. The largest absolute Gasteiger partial charge is 0.346 e. The summed E-state index contributed by atoms with van der Waals surface area (Å²) in [5.74, 6) is -0.306. The van der Waals surface area contributed by atoms with Gasteiger partial charge in [-0.05, 0) is 13.8 Å². The summed E-state index contributed by atoms with van der Waals surface area (Å²) in [6, 6.07) is -0.410. The molecule has 0 N–H and O–H groups in total. The van der Waals surface area contributed by atoms with Gasteiger partial charge >= 0.3 is 6.03 Å². The van der Waals surface area contributed by atoms with Gasteiger partial charge in [0.05, 0.1) is 5.75 Å². The highest BCUT2D eigenvalue weighted by atomic mass is 35.5. The molecule has 0 aliphatic heterocycles. The van der Waals surface area contributed by atoms with Crippen LogP contribution in [0.3, 0.4) is 0 Å². The highest BCUT2D eigenvalue weighted by molar-refractivity contribution is 7.91. The Kier molecular flexibility index (Phi) is 5.49. The third-order valence-corrected chi connectivity index (χ3v) is 3.94. The van der Waals surface area contributed by atoms with Crippen LogP contribution >= 0.6 is 11.6 Å². The van der Waals surface area contributed by atoms with Gasteiger partial charge < -0.3 is 4.90 Å². The average Bonchev–Trinajstić information content (AvgIpc) is 2.88. The highest BCUT2D eigenvalue weighted by Crippen LogP contribution is 2.05. The highest BCUT2D eigenvalue weighted by Gasteiger charge is 2.21. The van der Waals surface area contributed by atoms with Crippen molar-refractivity contribution in [3.63, 3.8) is 0 Å². The first kappa shape index (κ1) is 15.6. The summed E-state index contributed by atoms with van der Waals surface area (Å²) < 4.78 is 24.4. The molecule has 0 saturated heterocycles. The first-order chi connectivity index (χ1) is 8.96. The minimum atomic E-state index is -3.66. The summed E-state index contributed by atoms with van der Waals surface area (Å²) in [7, 11) is -3.66. The number of halogens is 1. The maximum Gasteiger partial charge on any atom is 0.346 e. The van der Waals surface area contributed by atoms with E-state index in [1.807, 2.05) is 13.8 Å². The molecule has 1 aromatic rings. The second kappa shape index (κ2) is 6.67. The van der Waals surface area contributed by atoms with E-state index in [2.05, 4.69) is 10.1 Å². The molecule has 1 heterocycles. The molecule has 0 fully saturated rings. The molecule has 0 spiro atoms. The van der Waals surface area contributed by atoms with Gasteiger partial charge in [0.1, 0.15) is 6.33 Å². The minimum Gasteiger partial charge on any atom is -0.323 e. The van der Waals surface area contributed by atoms with Crippen molar-refractivity contribution in [3.8, 4) is 0 Å². The molecule has 0 bridgehead atoms. The molecule has 0 radical (unpaired) electrons. The predicted molar refractivity (Wildman–Crippen MR) is 70.8 cm³/mol. The average molecular weight is 307 g/mol. The summed E-state index contributed by atoms with van der Waals surface area (Å²) in [6.45, 7) is 4.65. The summed E-state index contributed by atoms with van der Waals surface area (Å²) in [5, 5.41) is 3.31. The van der Waals surface area contributed by atoms with E-state index in [1.54, 1.807) is 0 Å². The molecule has 0 atom stereocenters. The molecule has 0 aromatic carbocycles. The summed E-state index contributed by atoms with van der Waals surface area (Å²) in [6.07, 6.45) is 2.36. The van der Waals surface area contributed by atoms with Crippen molar-refractivity contribution in [3.05, 3.63) is 17.9 Å². The first-order valence-corrected chi connectivity index (χ1v) is 7.74. The van der Waals surface area contributed by atoms with E-state index in [0.29, 0.717) is 13.1 Å². The lowest BCUT2D eigenvalue weighted by molar-refractivity contribution is 0.201. The van der Waals surface area contributed by atoms with Gasteiger partial charge in [0.2, 0.25) is 9.84 Å². The van der Waals surface area contributed by atoms with Crippen LogP contribution in [0.2, 0.25) is 0 Å². The third kappa shape index (κ3) is 3.77. The predicted octanol–water partition coefficient (Wildman–Crippen LogP) is 1.11. The van der Waals surface area contributed by atoms with E-state index in [4.69, 9.17) is 11.6 Å². The fraction of sp³-hybridized carbons (Fsp3) is 0.500. The van der Waals surface area contributed by atoms with Crippen molar-refractivity contribution in [2.45, 2.75) is 19.0 Å². The van der Waals surface area contributed by atoms with Crippen LogP contribution in [0.5, 0.6) is 0 Å². The lowest BCUT2D eigenvalue weighted by Crippen LogP contribution is -2.34. The topological polar surface area (TPSA) is 85.2 Å². The molecule has 0 aliphatic rings. The van der Waals surface area contributed by atoms with Crippen molar-refractivity contribution >= 4 is 27.5 Å². The maximum absolute atomic E-state index is 11.9.